The second-order valence-corrected chi connectivity index (χ2v) is 6.30. The fourth-order valence-electron chi connectivity index (χ4n) is 3.08. The fourth-order valence-corrected chi connectivity index (χ4v) is 3.08. The van der Waals surface area contributed by atoms with Gasteiger partial charge in [0.25, 0.3) is 0 Å². The normalized spacial score (nSPS) is 17.0. The van der Waals surface area contributed by atoms with Crippen LogP contribution in [0.5, 0.6) is 0 Å². The second-order valence-electron chi connectivity index (χ2n) is 6.30. The lowest BCUT2D eigenvalue weighted by atomic mass is 10.1. The Labute approximate surface area is 156 Å². The van der Waals surface area contributed by atoms with Crippen LogP contribution in [-0.4, -0.2) is 54.3 Å². The molecule has 0 radical (unpaired) electrons. The van der Waals surface area contributed by atoms with Crippen molar-refractivity contribution in [1.82, 2.24) is 20.3 Å². The number of aromatic nitrogens is 3. The van der Waals surface area contributed by atoms with Crippen molar-refractivity contribution in [2.24, 2.45) is 0 Å². The molecule has 0 saturated carbocycles. The third kappa shape index (κ3) is 3.81. The highest BCUT2D eigenvalue weighted by Gasteiger charge is 2.16. The molecule has 1 saturated heterocycles. The second kappa shape index (κ2) is 7.81. The number of halogens is 1. The Morgan fingerprint density at radius 3 is 2.93 bits per heavy atom. The molecule has 0 aliphatic carbocycles. The fraction of sp³-hybridized carbons (Fsp3) is 0.316. The first-order chi connectivity index (χ1) is 13.2. The predicted octanol–water partition coefficient (Wildman–Crippen LogP) is 2.27. The number of anilines is 2. The van der Waals surface area contributed by atoms with Crippen molar-refractivity contribution in [3.05, 3.63) is 42.5 Å². The van der Waals surface area contributed by atoms with Crippen molar-refractivity contribution in [2.45, 2.75) is 6.10 Å². The number of pyridine rings is 1. The van der Waals surface area contributed by atoms with E-state index in [1.165, 1.54) is 6.07 Å². The first-order valence-electron chi connectivity index (χ1n) is 8.90. The molecule has 0 bridgehead atoms. The molecule has 0 spiro atoms. The summed E-state index contributed by atoms with van der Waals surface area (Å²) >= 11 is 0. The lowest BCUT2D eigenvalue weighted by molar-refractivity contribution is 0.0372. The zero-order chi connectivity index (χ0) is 18.6. The summed E-state index contributed by atoms with van der Waals surface area (Å²) in [6.07, 6.45) is 3.33. The van der Waals surface area contributed by atoms with Gasteiger partial charge in [0, 0.05) is 44.6 Å². The third-order valence-corrected chi connectivity index (χ3v) is 4.49. The van der Waals surface area contributed by atoms with Crippen LogP contribution in [0.25, 0.3) is 22.3 Å². The quantitative estimate of drug-likeness (QED) is 0.637. The summed E-state index contributed by atoms with van der Waals surface area (Å²) in [7, 11) is 1.69. The average Bonchev–Trinajstić information content (AvgIpc) is 2.72. The number of hydrogen-bond acceptors (Lipinski definition) is 7. The van der Waals surface area contributed by atoms with Gasteiger partial charge in [-0.15, -0.1) is 0 Å². The van der Waals surface area contributed by atoms with Gasteiger partial charge in [0.2, 0.25) is 0 Å². The molecule has 1 aromatic carbocycles. The number of hydrogen-bond donors (Lipinski definition) is 3. The molecule has 2 aromatic heterocycles. The highest BCUT2D eigenvalue weighted by molar-refractivity contribution is 5.88. The van der Waals surface area contributed by atoms with E-state index < -0.39 is 0 Å². The van der Waals surface area contributed by atoms with Crippen molar-refractivity contribution in [3.63, 3.8) is 0 Å². The lowest BCUT2D eigenvalue weighted by Crippen LogP contribution is -2.42. The first kappa shape index (κ1) is 17.6. The van der Waals surface area contributed by atoms with E-state index in [2.05, 4.69) is 30.9 Å². The van der Waals surface area contributed by atoms with Gasteiger partial charge >= 0.3 is 0 Å². The van der Waals surface area contributed by atoms with E-state index in [4.69, 9.17) is 4.74 Å². The SMILES string of the molecule is CNc1ccc(-c2cc3nccnc3c(NCC3CNCCO3)n2)cc1F. The van der Waals surface area contributed by atoms with Crippen LogP contribution in [0.15, 0.2) is 36.7 Å². The molecule has 1 unspecified atom stereocenters. The van der Waals surface area contributed by atoms with Crippen molar-refractivity contribution in [3.8, 4) is 11.3 Å². The van der Waals surface area contributed by atoms with Gasteiger partial charge in [-0.2, -0.15) is 0 Å². The van der Waals surface area contributed by atoms with Crippen LogP contribution in [0.1, 0.15) is 0 Å². The zero-order valence-electron chi connectivity index (χ0n) is 15.0. The lowest BCUT2D eigenvalue weighted by Gasteiger charge is -2.24. The minimum Gasteiger partial charge on any atom is -0.386 e. The molecule has 27 heavy (non-hydrogen) atoms. The topological polar surface area (TPSA) is 84.0 Å². The Morgan fingerprint density at radius 1 is 1.26 bits per heavy atom. The summed E-state index contributed by atoms with van der Waals surface area (Å²) in [4.78, 5) is 13.5. The van der Waals surface area contributed by atoms with Crippen molar-refractivity contribution >= 4 is 22.5 Å². The van der Waals surface area contributed by atoms with Crippen molar-refractivity contribution in [1.29, 1.82) is 0 Å². The molecular weight excluding hydrogens is 347 g/mol. The van der Waals surface area contributed by atoms with Crippen LogP contribution in [0.4, 0.5) is 15.9 Å². The maximum Gasteiger partial charge on any atom is 0.154 e. The van der Waals surface area contributed by atoms with E-state index in [1.807, 2.05) is 12.1 Å². The highest BCUT2D eigenvalue weighted by atomic mass is 19.1. The van der Waals surface area contributed by atoms with E-state index in [0.29, 0.717) is 46.9 Å². The van der Waals surface area contributed by atoms with Gasteiger partial charge in [-0.05, 0) is 18.2 Å². The van der Waals surface area contributed by atoms with E-state index >= 15 is 0 Å². The standard InChI is InChI=1S/C19H21FN6O/c1-21-15-3-2-12(8-14(15)20)16-9-17-18(24-5-4-23-17)19(26-16)25-11-13-10-22-6-7-27-13/h2-5,8-9,13,21-22H,6-7,10-11H2,1H3,(H,25,26). The molecule has 4 rings (SSSR count). The monoisotopic (exact) mass is 368 g/mol. The van der Waals surface area contributed by atoms with Gasteiger partial charge in [-0.25, -0.2) is 14.4 Å². The summed E-state index contributed by atoms with van der Waals surface area (Å²) in [5.41, 5.74) is 3.13. The smallest absolute Gasteiger partial charge is 0.154 e. The minimum absolute atomic E-state index is 0.0586. The predicted molar refractivity (Wildman–Crippen MR) is 103 cm³/mol. The summed E-state index contributed by atoms with van der Waals surface area (Å²) < 4.78 is 19.9. The Bertz CT molecular complexity index is 945. The van der Waals surface area contributed by atoms with Gasteiger partial charge in [0.05, 0.1) is 29.6 Å². The largest absolute Gasteiger partial charge is 0.386 e. The molecule has 3 aromatic rings. The first-order valence-corrected chi connectivity index (χ1v) is 8.90. The summed E-state index contributed by atoms with van der Waals surface area (Å²) in [5.74, 6) is 0.287. The summed E-state index contributed by atoms with van der Waals surface area (Å²) in [6.45, 7) is 2.94. The molecule has 1 aliphatic heterocycles. The number of rotatable bonds is 5. The Balaban J connectivity index is 1.68. The molecule has 1 aliphatic rings. The highest BCUT2D eigenvalue weighted by Crippen LogP contribution is 2.27. The van der Waals surface area contributed by atoms with Gasteiger partial charge < -0.3 is 20.7 Å². The van der Waals surface area contributed by atoms with Gasteiger partial charge in [0.1, 0.15) is 11.3 Å². The Morgan fingerprint density at radius 2 is 2.15 bits per heavy atom. The zero-order valence-corrected chi connectivity index (χ0v) is 15.0. The van der Waals surface area contributed by atoms with E-state index in [-0.39, 0.29) is 11.9 Å². The van der Waals surface area contributed by atoms with Gasteiger partial charge in [0.15, 0.2) is 5.82 Å². The number of ether oxygens (including phenoxy) is 1. The molecule has 3 heterocycles. The van der Waals surface area contributed by atoms with Crippen LogP contribution in [0.2, 0.25) is 0 Å². The summed E-state index contributed by atoms with van der Waals surface area (Å²) in [5, 5.41) is 9.44. The van der Waals surface area contributed by atoms with Crippen LogP contribution in [-0.2, 0) is 4.74 Å². The molecule has 8 heteroatoms. The van der Waals surface area contributed by atoms with Crippen LogP contribution in [0.3, 0.4) is 0 Å². The third-order valence-electron chi connectivity index (χ3n) is 4.49. The van der Waals surface area contributed by atoms with E-state index in [9.17, 15) is 4.39 Å². The van der Waals surface area contributed by atoms with Crippen molar-refractivity contribution < 1.29 is 9.13 Å². The van der Waals surface area contributed by atoms with Crippen LogP contribution in [0, 0.1) is 5.82 Å². The molecule has 7 nitrogen and oxygen atoms in total. The average molecular weight is 368 g/mol. The molecular formula is C19H21FN6O. The number of fused-ring (bicyclic) bond motifs is 1. The molecule has 0 amide bonds. The number of benzene rings is 1. The number of nitrogens with one attached hydrogen (secondary N) is 3. The Hall–Kier alpha value is -2.84. The summed E-state index contributed by atoms with van der Waals surface area (Å²) in [6, 6.07) is 6.81. The van der Waals surface area contributed by atoms with Crippen molar-refractivity contribution in [2.75, 3.05) is 43.9 Å². The molecule has 1 atom stereocenters. The van der Waals surface area contributed by atoms with Gasteiger partial charge in [-0.3, -0.25) is 4.98 Å². The molecule has 1 fully saturated rings. The van der Waals surface area contributed by atoms with E-state index in [1.54, 1.807) is 25.5 Å². The number of nitrogens with zero attached hydrogens (tertiary/aromatic N) is 3. The minimum atomic E-state index is -0.327. The number of morpholine rings is 1. The molecule has 3 N–H and O–H groups in total. The van der Waals surface area contributed by atoms with Crippen LogP contribution >= 0.6 is 0 Å². The molecule has 140 valence electrons. The Kier molecular flexibility index (Phi) is 5.08. The van der Waals surface area contributed by atoms with Gasteiger partial charge in [-0.1, -0.05) is 6.07 Å². The maximum absolute atomic E-state index is 14.2. The van der Waals surface area contributed by atoms with Crippen LogP contribution < -0.4 is 16.0 Å². The van der Waals surface area contributed by atoms with E-state index in [0.717, 1.165) is 13.1 Å². The maximum atomic E-state index is 14.2.